The van der Waals surface area contributed by atoms with Gasteiger partial charge in [0.25, 0.3) is 5.91 Å². The topological polar surface area (TPSA) is 76.1 Å². The molecule has 162 valence electrons. The van der Waals surface area contributed by atoms with Gasteiger partial charge in [-0.25, -0.2) is 4.79 Å². The van der Waals surface area contributed by atoms with Gasteiger partial charge in [0.05, 0.1) is 22.6 Å². The van der Waals surface area contributed by atoms with Crippen molar-refractivity contribution in [1.29, 1.82) is 0 Å². The van der Waals surface area contributed by atoms with E-state index >= 15 is 0 Å². The molecule has 1 heterocycles. The highest BCUT2D eigenvalue weighted by molar-refractivity contribution is 9.10. The van der Waals surface area contributed by atoms with Crippen molar-refractivity contribution < 1.29 is 24.2 Å². The van der Waals surface area contributed by atoms with Crippen molar-refractivity contribution in [3.05, 3.63) is 63.0 Å². The molecule has 3 rings (SSSR count). The standard InChI is InChI=1S/C22H20BrNO5S2/c1-12(2)29-19-15(23)9-13(10-16(19)28-3)11-17-20(25)24(22(30)31-17)18(21(26)27)14-7-5-4-6-8-14/h4-12,18H,1-3H3,(H,26,27)/b17-11-. The predicted molar refractivity (Wildman–Crippen MR) is 128 cm³/mol. The zero-order valence-corrected chi connectivity index (χ0v) is 20.2. The van der Waals surface area contributed by atoms with Gasteiger partial charge < -0.3 is 14.6 Å². The summed E-state index contributed by atoms with van der Waals surface area (Å²) in [5.41, 5.74) is 1.17. The number of carbonyl (C=O) groups excluding carboxylic acids is 1. The smallest absolute Gasteiger partial charge is 0.331 e. The Hall–Kier alpha value is -2.36. The number of thioether (sulfide) groups is 1. The van der Waals surface area contributed by atoms with Gasteiger partial charge in [0.1, 0.15) is 4.32 Å². The van der Waals surface area contributed by atoms with Gasteiger partial charge in [-0.3, -0.25) is 9.69 Å². The third-order valence-electron chi connectivity index (χ3n) is 4.33. The third kappa shape index (κ3) is 5.11. The van der Waals surface area contributed by atoms with Gasteiger partial charge in [0, 0.05) is 0 Å². The summed E-state index contributed by atoms with van der Waals surface area (Å²) in [6.07, 6.45) is 1.62. The maximum absolute atomic E-state index is 13.1. The van der Waals surface area contributed by atoms with Crippen molar-refractivity contribution >= 4 is 62.2 Å². The highest BCUT2D eigenvalue weighted by atomic mass is 79.9. The van der Waals surface area contributed by atoms with E-state index in [1.54, 1.807) is 48.5 Å². The number of ether oxygens (including phenoxy) is 2. The van der Waals surface area contributed by atoms with Crippen LogP contribution in [0.4, 0.5) is 0 Å². The summed E-state index contributed by atoms with van der Waals surface area (Å²) in [5.74, 6) is -0.526. The molecule has 1 amide bonds. The normalized spacial score (nSPS) is 16.2. The fraction of sp³-hybridized carbons (Fsp3) is 0.227. The third-order valence-corrected chi connectivity index (χ3v) is 6.25. The molecule has 2 aromatic carbocycles. The minimum Gasteiger partial charge on any atom is -0.493 e. The van der Waals surface area contributed by atoms with E-state index in [9.17, 15) is 14.7 Å². The summed E-state index contributed by atoms with van der Waals surface area (Å²) in [5, 5.41) is 9.79. The number of amides is 1. The van der Waals surface area contributed by atoms with Crippen molar-refractivity contribution in [3.8, 4) is 11.5 Å². The number of carbonyl (C=O) groups is 2. The Morgan fingerprint density at radius 2 is 1.94 bits per heavy atom. The molecule has 1 aliphatic heterocycles. The Kier molecular flexibility index (Phi) is 7.40. The first-order valence-corrected chi connectivity index (χ1v) is 11.3. The van der Waals surface area contributed by atoms with E-state index in [4.69, 9.17) is 21.7 Å². The molecule has 6 nitrogen and oxygen atoms in total. The first-order chi connectivity index (χ1) is 14.7. The van der Waals surface area contributed by atoms with Crippen LogP contribution in [-0.2, 0) is 9.59 Å². The lowest BCUT2D eigenvalue weighted by Crippen LogP contribution is -2.37. The summed E-state index contributed by atoms with van der Waals surface area (Å²) < 4.78 is 12.1. The molecular formula is C22H20BrNO5S2. The fourth-order valence-electron chi connectivity index (χ4n) is 3.06. The van der Waals surface area contributed by atoms with Gasteiger partial charge >= 0.3 is 5.97 Å². The monoisotopic (exact) mass is 521 g/mol. The van der Waals surface area contributed by atoms with Crippen LogP contribution in [0.1, 0.15) is 31.0 Å². The van der Waals surface area contributed by atoms with E-state index in [1.165, 1.54) is 7.11 Å². The number of hydrogen-bond acceptors (Lipinski definition) is 6. The van der Waals surface area contributed by atoms with Crippen LogP contribution >= 0.6 is 39.9 Å². The number of benzene rings is 2. The van der Waals surface area contributed by atoms with Crippen LogP contribution in [0.2, 0.25) is 0 Å². The van der Waals surface area contributed by atoms with E-state index in [0.717, 1.165) is 16.7 Å². The second-order valence-electron chi connectivity index (χ2n) is 6.90. The van der Waals surface area contributed by atoms with E-state index in [2.05, 4.69) is 15.9 Å². The van der Waals surface area contributed by atoms with E-state index in [-0.39, 0.29) is 10.4 Å². The Labute approximate surface area is 198 Å². The molecule has 9 heteroatoms. The Balaban J connectivity index is 1.96. The summed E-state index contributed by atoms with van der Waals surface area (Å²) >= 11 is 9.92. The van der Waals surface area contributed by atoms with Crippen LogP contribution in [0.25, 0.3) is 6.08 Å². The van der Waals surface area contributed by atoms with Gasteiger partial charge in [0.15, 0.2) is 17.5 Å². The van der Waals surface area contributed by atoms with Crippen molar-refractivity contribution in [2.75, 3.05) is 7.11 Å². The van der Waals surface area contributed by atoms with E-state index in [0.29, 0.717) is 32.0 Å². The van der Waals surface area contributed by atoms with Gasteiger partial charge in [-0.1, -0.05) is 54.3 Å². The van der Waals surface area contributed by atoms with Crippen molar-refractivity contribution in [3.63, 3.8) is 0 Å². The van der Waals surface area contributed by atoms with Crippen molar-refractivity contribution in [1.82, 2.24) is 4.90 Å². The summed E-state index contributed by atoms with van der Waals surface area (Å²) in [4.78, 5) is 26.6. The van der Waals surface area contributed by atoms with Gasteiger partial charge in [-0.15, -0.1) is 0 Å². The number of hydrogen-bond donors (Lipinski definition) is 1. The number of thiocarbonyl (C=S) groups is 1. The van der Waals surface area contributed by atoms with Gasteiger partial charge in [-0.2, -0.15) is 0 Å². The Morgan fingerprint density at radius 3 is 2.52 bits per heavy atom. The van der Waals surface area contributed by atoms with Crippen LogP contribution in [0.15, 0.2) is 51.8 Å². The minimum atomic E-state index is -1.19. The number of carboxylic acid groups (broad SMARTS) is 1. The molecular weight excluding hydrogens is 502 g/mol. The molecule has 1 atom stereocenters. The molecule has 1 N–H and O–H groups in total. The minimum absolute atomic E-state index is 0.0433. The molecule has 0 spiro atoms. The second-order valence-corrected chi connectivity index (χ2v) is 9.43. The van der Waals surface area contributed by atoms with Gasteiger partial charge in [0.2, 0.25) is 0 Å². The number of nitrogens with zero attached hydrogens (tertiary/aromatic N) is 1. The summed E-state index contributed by atoms with van der Waals surface area (Å²) in [7, 11) is 1.54. The van der Waals surface area contributed by atoms with Crippen LogP contribution in [0.3, 0.4) is 0 Å². The SMILES string of the molecule is COc1cc(/C=C2\SC(=S)N(C(C(=O)O)c3ccccc3)C2=O)cc(Br)c1OC(C)C. The van der Waals surface area contributed by atoms with E-state index in [1.807, 2.05) is 13.8 Å². The van der Waals surface area contributed by atoms with E-state index < -0.39 is 17.9 Å². The lowest BCUT2D eigenvalue weighted by molar-refractivity contribution is -0.145. The molecule has 0 saturated carbocycles. The molecule has 0 radical (unpaired) electrons. The highest BCUT2D eigenvalue weighted by Gasteiger charge is 2.41. The lowest BCUT2D eigenvalue weighted by Gasteiger charge is -2.23. The number of methoxy groups -OCH3 is 1. The Bertz CT molecular complexity index is 1060. The van der Waals surface area contributed by atoms with Gasteiger partial charge in [-0.05, 0) is 59.1 Å². The predicted octanol–water partition coefficient (Wildman–Crippen LogP) is 5.27. The molecule has 1 saturated heterocycles. The highest BCUT2D eigenvalue weighted by Crippen LogP contribution is 2.41. The zero-order valence-electron chi connectivity index (χ0n) is 17.0. The fourth-order valence-corrected chi connectivity index (χ4v) is 4.93. The summed E-state index contributed by atoms with van der Waals surface area (Å²) in [6, 6.07) is 10.9. The molecule has 0 bridgehead atoms. The number of aliphatic carboxylic acids is 1. The van der Waals surface area contributed by atoms with Crippen molar-refractivity contribution in [2.24, 2.45) is 0 Å². The average molecular weight is 522 g/mol. The van der Waals surface area contributed by atoms with Crippen molar-refractivity contribution in [2.45, 2.75) is 26.0 Å². The lowest BCUT2D eigenvalue weighted by atomic mass is 10.1. The molecule has 1 fully saturated rings. The average Bonchev–Trinajstić information content (AvgIpc) is 2.98. The maximum atomic E-state index is 13.1. The molecule has 0 aliphatic carbocycles. The quantitative estimate of drug-likeness (QED) is 0.392. The number of rotatable bonds is 7. The van der Waals surface area contributed by atoms with Crippen LogP contribution in [0, 0.1) is 0 Å². The molecule has 1 unspecified atom stereocenters. The Morgan fingerprint density at radius 1 is 1.26 bits per heavy atom. The van der Waals surface area contributed by atoms with Crippen LogP contribution in [-0.4, -0.2) is 39.4 Å². The molecule has 0 aromatic heterocycles. The molecule has 2 aromatic rings. The first-order valence-electron chi connectivity index (χ1n) is 9.32. The number of halogens is 1. The second kappa shape index (κ2) is 9.84. The number of carboxylic acids is 1. The zero-order chi connectivity index (χ0) is 22.7. The maximum Gasteiger partial charge on any atom is 0.331 e. The molecule has 1 aliphatic rings. The van der Waals surface area contributed by atoms with Crippen LogP contribution in [0.5, 0.6) is 11.5 Å². The first kappa shape index (κ1) is 23.3. The largest absolute Gasteiger partial charge is 0.493 e. The molecule has 31 heavy (non-hydrogen) atoms. The van der Waals surface area contributed by atoms with Crippen LogP contribution < -0.4 is 9.47 Å². The summed E-state index contributed by atoms with van der Waals surface area (Å²) in [6.45, 7) is 3.83.